The van der Waals surface area contributed by atoms with Gasteiger partial charge >= 0.3 is 6.18 Å². The van der Waals surface area contributed by atoms with Crippen LogP contribution in [0.5, 0.6) is 0 Å². The lowest BCUT2D eigenvalue weighted by Gasteiger charge is -2.41. The number of hydrogen-bond acceptors (Lipinski definition) is 6. The van der Waals surface area contributed by atoms with Gasteiger partial charge in [0.1, 0.15) is 0 Å². The van der Waals surface area contributed by atoms with Gasteiger partial charge in [-0.05, 0) is 37.8 Å². The highest BCUT2D eigenvalue weighted by atomic mass is 32.1. The minimum atomic E-state index is -4.65. The van der Waals surface area contributed by atoms with E-state index in [1.165, 1.54) is 16.2 Å². The molecule has 2 aromatic heterocycles. The van der Waals surface area contributed by atoms with Crippen molar-refractivity contribution >= 4 is 11.3 Å². The molecule has 2 atom stereocenters. The zero-order chi connectivity index (χ0) is 16.7. The molecule has 0 aliphatic carbocycles. The van der Waals surface area contributed by atoms with Gasteiger partial charge in [-0.1, -0.05) is 11.2 Å². The average Bonchev–Trinajstić information content (AvgIpc) is 3.16. The van der Waals surface area contributed by atoms with Crippen molar-refractivity contribution in [2.45, 2.75) is 37.6 Å². The SMILES string of the molecule is CC(c1nc(-c2cccs2)no1)N1CCCC(O)(C(F)(F)F)C1. The molecule has 1 aliphatic heterocycles. The van der Waals surface area contributed by atoms with E-state index in [1.54, 1.807) is 6.92 Å². The van der Waals surface area contributed by atoms with E-state index in [0.717, 1.165) is 4.88 Å². The predicted octanol–water partition coefficient (Wildman–Crippen LogP) is 3.25. The van der Waals surface area contributed by atoms with Crippen molar-refractivity contribution in [3.8, 4) is 10.7 Å². The summed E-state index contributed by atoms with van der Waals surface area (Å²) in [4.78, 5) is 6.63. The van der Waals surface area contributed by atoms with Gasteiger partial charge < -0.3 is 9.63 Å². The monoisotopic (exact) mass is 347 g/mol. The van der Waals surface area contributed by atoms with E-state index in [2.05, 4.69) is 10.1 Å². The number of alkyl halides is 3. The zero-order valence-corrected chi connectivity index (χ0v) is 13.2. The van der Waals surface area contributed by atoms with E-state index in [0.29, 0.717) is 12.4 Å². The van der Waals surface area contributed by atoms with Crippen molar-refractivity contribution in [1.29, 1.82) is 0 Å². The van der Waals surface area contributed by atoms with Crippen molar-refractivity contribution in [3.63, 3.8) is 0 Å². The van der Waals surface area contributed by atoms with Crippen LogP contribution in [0.15, 0.2) is 22.0 Å². The fourth-order valence-electron chi connectivity index (χ4n) is 2.70. The Labute approximate surface area is 134 Å². The largest absolute Gasteiger partial charge is 0.418 e. The first-order valence-electron chi connectivity index (χ1n) is 7.21. The van der Waals surface area contributed by atoms with E-state index in [-0.39, 0.29) is 18.7 Å². The summed E-state index contributed by atoms with van der Waals surface area (Å²) >= 11 is 1.45. The summed E-state index contributed by atoms with van der Waals surface area (Å²) in [5.41, 5.74) is -2.68. The molecule has 126 valence electrons. The fraction of sp³-hybridized carbons (Fsp3) is 0.571. The number of piperidine rings is 1. The minimum Gasteiger partial charge on any atom is -0.379 e. The Morgan fingerprint density at radius 1 is 1.48 bits per heavy atom. The topological polar surface area (TPSA) is 62.4 Å². The standard InChI is InChI=1S/C14H16F3N3O2S/c1-9(12-18-11(19-22-12)10-4-2-7-23-10)20-6-3-5-13(21,8-20)14(15,16)17/h2,4,7,9,21H,3,5-6,8H2,1H3. The van der Waals surface area contributed by atoms with Gasteiger partial charge in [0.15, 0.2) is 5.60 Å². The Bertz CT molecular complexity index is 659. The first kappa shape index (κ1) is 16.4. The van der Waals surface area contributed by atoms with Crippen LogP contribution >= 0.6 is 11.3 Å². The van der Waals surface area contributed by atoms with Gasteiger partial charge in [-0.15, -0.1) is 11.3 Å². The van der Waals surface area contributed by atoms with E-state index in [1.807, 2.05) is 17.5 Å². The molecule has 0 amide bonds. The van der Waals surface area contributed by atoms with Gasteiger partial charge in [-0.2, -0.15) is 18.2 Å². The molecule has 1 aliphatic rings. The van der Waals surface area contributed by atoms with E-state index >= 15 is 0 Å². The van der Waals surface area contributed by atoms with Gasteiger partial charge in [0.05, 0.1) is 10.9 Å². The number of β-amino-alcohol motifs (C(OH)–C–C–N with tert-alkyl or cyclic N) is 1. The van der Waals surface area contributed by atoms with Crippen LogP contribution in [-0.2, 0) is 0 Å². The van der Waals surface area contributed by atoms with Gasteiger partial charge in [-0.25, -0.2) is 0 Å². The van der Waals surface area contributed by atoms with E-state index in [4.69, 9.17) is 4.52 Å². The lowest BCUT2D eigenvalue weighted by atomic mass is 9.91. The summed E-state index contributed by atoms with van der Waals surface area (Å²) in [7, 11) is 0. The van der Waals surface area contributed by atoms with Crippen LogP contribution in [0.4, 0.5) is 13.2 Å². The normalized spacial score (nSPS) is 24.7. The molecule has 0 aromatic carbocycles. The molecule has 0 radical (unpaired) electrons. The zero-order valence-electron chi connectivity index (χ0n) is 12.4. The number of nitrogens with zero attached hydrogens (tertiary/aromatic N) is 3. The smallest absolute Gasteiger partial charge is 0.379 e. The molecule has 0 saturated carbocycles. The molecule has 9 heteroatoms. The van der Waals surface area contributed by atoms with Crippen molar-refractivity contribution in [2.24, 2.45) is 0 Å². The van der Waals surface area contributed by atoms with Crippen molar-refractivity contribution in [1.82, 2.24) is 15.0 Å². The molecular weight excluding hydrogens is 331 g/mol. The Morgan fingerprint density at radius 2 is 2.26 bits per heavy atom. The molecule has 5 nitrogen and oxygen atoms in total. The van der Waals surface area contributed by atoms with Crippen LogP contribution < -0.4 is 0 Å². The summed E-state index contributed by atoms with van der Waals surface area (Å²) in [6.45, 7) is 1.65. The number of aromatic nitrogens is 2. The van der Waals surface area contributed by atoms with Gasteiger partial charge in [0, 0.05) is 6.54 Å². The fourth-order valence-corrected chi connectivity index (χ4v) is 3.35. The quantitative estimate of drug-likeness (QED) is 0.923. The lowest BCUT2D eigenvalue weighted by Crippen LogP contribution is -2.57. The molecule has 2 aromatic rings. The summed E-state index contributed by atoms with van der Waals surface area (Å²) in [5.74, 6) is 0.671. The Kier molecular flexibility index (Phi) is 4.19. The second-order valence-electron chi connectivity index (χ2n) is 5.71. The number of likely N-dealkylation sites (tertiary alicyclic amines) is 1. The van der Waals surface area contributed by atoms with Gasteiger partial charge in [-0.3, -0.25) is 4.90 Å². The van der Waals surface area contributed by atoms with Crippen LogP contribution in [0.2, 0.25) is 0 Å². The molecule has 3 heterocycles. The molecule has 23 heavy (non-hydrogen) atoms. The van der Waals surface area contributed by atoms with Crippen molar-refractivity contribution in [2.75, 3.05) is 13.1 Å². The molecule has 0 bridgehead atoms. The molecule has 1 N–H and O–H groups in total. The first-order chi connectivity index (χ1) is 10.8. The number of rotatable bonds is 3. The third-order valence-corrected chi connectivity index (χ3v) is 4.98. The number of hydrogen-bond donors (Lipinski definition) is 1. The Morgan fingerprint density at radius 3 is 2.91 bits per heavy atom. The van der Waals surface area contributed by atoms with Crippen LogP contribution in [0.25, 0.3) is 10.7 Å². The summed E-state index contributed by atoms with van der Waals surface area (Å²) in [5, 5.41) is 15.6. The number of thiophene rings is 1. The maximum atomic E-state index is 13.0. The van der Waals surface area contributed by atoms with E-state index in [9.17, 15) is 18.3 Å². The van der Waals surface area contributed by atoms with Crippen LogP contribution in [0, 0.1) is 0 Å². The summed E-state index contributed by atoms with van der Waals surface area (Å²) in [6, 6.07) is 3.20. The highest BCUT2D eigenvalue weighted by Gasteiger charge is 2.55. The van der Waals surface area contributed by atoms with Gasteiger partial charge in [0.2, 0.25) is 11.7 Å². The predicted molar refractivity (Wildman–Crippen MR) is 77.8 cm³/mol. The highest BCUT2D eigenvalue weighted by molar-refractivity contribution is 7.13. The molecule has 0 spiro atoms. The highest BCUT2D eigenvalue weighted by Crippen LogP contribution is 2.39. The molecule has 3 rings (SSSR count). The van der Waals surface area contributed by atoms with Gasteiger partial charge in [0.25, 0.3) is 0 Å². The number of halogens is 3. The third kappa shape index (κ3) is 3.13. The molecule has 1 saturated heterocycles. The van der Waals surface area contributed by atoms with Crippen LogP contribution in [0.3, 0.4) is 0 Å². The van der Waals surface area contributed by atoms with Crippen molar-refractivity contribution in [3.05, 3.63) is 23.4 Å². The maximum absolute atomic E-state index is 13.0. The van der Waals surface area contributed by atoms with Crippen molar-refractivity contribution < 1.29 is 22.8 Å². The average molecular weight is 347 g/mol. The second-order valence-corrected chi connectivity index (χ2v) is 6.66. The molecular formula is C14H16F3N3O2S. The summed E-state index contributed by atoms with van der Waals surface area (Å²) in [6.07, 6.45) is -4.68. The van der Waals surface area contributed by atoms with E-state index < -0.39 is 24.4 Å². The third-order valence-electron chi connectivity index (χ3n) is 4.12. The summed E-state index contributed by atoms with van der Waals surface area (Å²) < 4.78 is 44.3. The molecule has 1 fully saturated rings. The first-order valence-corrected chi connectivity index (χ1v) is 8.09. The van der Waals surface area contributed by atoms with Crippen LogP contribution in [0.1, 0.15) is 31.7 Å². The molecule has 2 unspecified atom stereocenters. The number of aliphatic hydroxyl groups is 1. The Balaban J connectivity index is 1.76. The minimum absolute atomic E-state index is 0.250. The lowest BCUT2D eigenvalue weighted by molar-refractivity contribution is -0.276. The van der Waals surface area contributed by atoms with Crippen LogP contribution in [-0.4, -0.2) is 45.0 Å². The maximum Gasteiger partial charge on any atom is 0.418 e. The Hall–Kier alpha value is -1.45. The second kappa shape index (κ2) is 5.88.